The Morgan fingerprint density at radius 1 is 0.720 bits per heavy atom. The summed E-state index contributed by atoms with van der Waals surface area (Å²) < 4.78 is 1.12. The van der Waals surface area contributed by atoms with Crippen LogP contribution in [0, 0.1) is 6.92 Å². The molecule has 0 atom stereocenters. The molecule has 0 amide bonds. The fourth-order valence-corrected chi connectivity index (χ4v) is 3.50. The van der Waals surface area contributed by atoms with Crippen molar-refractivity contribution >= 4 is 15.9 Å². The van der Waals surface area contributed by atoms with E-state index in [1.807, 2.05) is 0 Å². The van der Waals surface area contributed by atoms with Crippen LogP contribution >= 0.6 is 15.9 Å². The first-order chi connectivity index (χ1) is 12.2. The summed E-state index contributed by atoms with van der Waals surface area (Å²) in [6.07, 6.45) is 5.08. The van der Waals surface area contributed by atoms with Crippen molar-refractivity contribution in [2.45, 2.75) is 39.5 Å². The summed E-state index contributed by atoms with van der Waals surface area (Å²) in [5.41, 5.74) is 7.90. The zero-order valence-electron chi connectivity index (χ0n) is 15.1. The van der Waals surface area contributed by atoms with Crippen LogP contribution in [-0.2, 0) is 6.42 Å². The summed E-state index contributed by atoms with van der Waals surface area (Å²) in [5, 5.41) is 0. The van der Waals surface area contributed by atoms with E-state index in [-0.39, 0.29) is 0 Å². The van der Waals surface area contributed by atoms with E-state index in [1.165, 1.54) is 59.1 Å². The molecule has 0 saturated heterocycles. The second-order valence-electron chi connectivity index (χ2n) is 6.69. The minimum atomic E-state index is 1.12. The molecule has 1 heteroatoms. The second-order valence-corrected chi connectivity index (χ2v) is 7.61. The van der Waals surface area contributed by atoms with E-state index in [2.05, 4.69) is 96.5 Å². The zero-order chi connectivity index (χ0) is 17.6. The molecular weight excluding hydrogens is 368 g/mol. The Hall–Kier alpha value is -1.86. The quantitative estimate of drug-likeness (QED) is 0.375. The van der Waals surface area contributed by atoms with E-state index < -0.39 is 0 Å². The molecule has 0 aliphatic heterocycles. The molecule has 0 bridgehead atoms. The molecule has 0 saturated carbocycles. The molecule has 3 rings (SSSR count). The van der Waals surface area contributed by atoms with Gasteiger partial charge in [0.05, 0.1) is 0 Å². The molecule has 0 N–H and O–H groups in total. The Morgan fingerprint density at radius 2 is 1.36 bits per heavy atom. The van der Waals surface area contributed by atoms with Crippen molar-refractivity contribution in [3.8, 4) is 22.3 Å². The normalized spacial score (nSPS) is 10.8. The number of hydrogen-bond donors (Lipinski definition) is 0. The number of hydrogen-bond acceptors (Lipinski definition) is 0. The highest BCUT2D eigenvalue weighted by Gasteiger charge is 2.05. The first kappa shape index (κ1) is 17.9. The number of unbranched alkanes of at least 4 members (excludes halogenated alkanes) is 2. The lowest BCUT2D eigenvalue weighted by atomic mass is 9.95. The molecule has 0 heterocycles. The number of aryl methyl sites for hydroxylation is 2. The maximum Gasteiger partial charge on any atom is 0.0175 e. The monoisotopic (exact) mass is 392 g/mol. The fourth-order valence-electron chi connectivity index (χ4n) is 3.24. The Morgan fingerprint density at radius 3 is 2.00 bits per heavy atom. The summed E-state index contributed by atoms with van der Waals surface area (Å²) in [4.78, 5) is 0. The molecule has 0 aliphatic rings. The van der Waals surface area contributed by atoms with Gasteiger partial charge in [0.2, 0.25) is 0 Å². The lowest BCUT2D eigenvalue weighted by Gasteiger charge is -2.10. The third-order valence-electron chi connectivity index (χ3n) is 4.74. The van der Waals surface area contributed by atoms with E-state index in [9.17, 15) is 0 Å². The van der Waals surface area contributed by atoms with Crippen molar-refractivity contribution in [1.82, 2.24) is 0 Å². The van der Waals surface area contributed by atoms with Crippen LogP contribution in [0.2, 0.25) is 0 Å². The van der Waals surface area contributed by atoms with Crippen molar-refractivity contribution < 1.29 is 0 Å². The number of rotatable bonds is 6. The second kappa shape index (κ2) is 8.49. The Kier molecular flexibility index (Phi) is 6.09. The van der Waals surface area contributed by atoms with Crippen molar-refractivity contribution in [3.05, 3.63) is 82.3 Å². The van der Waals surface area contributed by atoms with Crippen LogP contribution in [0.1, 0.15) is 37.3 Å². The molecule has 25 heavy (non-hydrogen) atoms. The minimum absolute atomic E-state index is 1.12. The van der Waals surface area contributed by atoms with E-state index in [1.54, 1.807) is 0 Å². The third kappa shape index (κ3) is 4.61. The molecule has 0 spiro atoms. The summed E-state index contributed by atoms with van der Waals surface area (Å²) in [6.45, 7) is 4.45. The van der Waals surface area contributed by atoms with Crippen LogP contribution in [0.5, 0.6) is 0 Å². The molecule has 3 aromatic rings. The molecule has 3 aromatic carbocycles. The Labute approximate surface area is 160 Å². The predicted octanol–water partition coefficient (Wildman–Crippen LogP) is 7.82. The van der Waals surface area contributed by atoms with Crippen molar-refractivity contribution in [2.75, 3.05) is 0 Å². The average molecular weight is 393 g/mol. The van der Waals surface area contributed by atoms with E-state index in [4.69, 9.17) is 0 Å². The van der Waals surface area contributed by atoms with Crippen LogP contribution < -0.4 is 0 Å². The molecule has 0 fully saturated rings. The largest absolute Gasteiger partial charge is 0.0654 e. The van der Waals surface area contributed by atoms with Gasteiger partial charge in [0.1, 0.15) is 0 Å². The maximum atomic E-state index is 3.50. The standard InChI is InChI=1S/C24H25Br/c1-3-4-5-6-19-7-9-20(10-8-19)22-13-16-24(18(2)17-22)21-11-14-23(25)15-12-21/h7-17H,3-6H2,1-2H3. The van der Waals surface area contributed by atoms with Crippen LogP contribution in [0.15, 0.2) is 71.2 Å². The average Bonchev–Trinajstić information content (AvgIpc) is 2.63. The molecule has 128 valence electrons. The number of benzene rings is 3. The summed E-state index contributed by atoms with van der Waals surface area (Å²) in [5.74, 6) is 0. The zero-order valence-corrected chi connectivity index (χ0v) is 16.6. The highest BCUT2D eigenvalue weighted by molar-refractivity contribution is 9.10. The summed E-state index contributed by atoms with van der Waals surface area (Å²) in [6, 6.07) is 24.4. The molecule has 0 aromatic heterocycles. The van der Waals surface area contributed by atoms with Gasteiger partial charge in [0.25, 0.3) is 0 Å². The first-order valence-corrected chi connectivity index (χ1v) is 9.92. The minimum Gasteiger partial charge on any atom is -0.0654 e. The van der Waals surface area contributed by atoms with E-state index in [0.717, 1.165) is 4.47 Å². The smallest absolute Gasteiger partial charge is 0.0175 e. The van der Waals surface area contributed by atoms with Gasteiger partial charge in [-0.25, -0.2) is 0 Å². The highest BCUT2D eigenvalue weighted by Crippen LogP contribution is 2.29. The fraction of sp³-hybridized carbons (Fsp3) is 0.250. The van der Waals surface area contributed by atoms with E-state index in [0.29, 0.717) is 0 Å². The van der Waals surface area contributed by atoms with Crippen LogP contribution in [-0.4, -0.2) is 0 Å². The number of halogens is 1. The van der Waals surface area contributed by atoms with Gasteiger partial charge in [0.15, 0.2) is 0 Å². The Bertz CT molecular complexity index is 814. The van der Waals surface area contributed by atoms with Gasteiger partial charge in [-0.3, -0.25) is 0 Å². The molecule has 0 radical (unpaired) electrons. The highest BCUT2D eigenvalue weighted by atomic mass is 79.9. The van der Waals surface area contributed by atoms with Gasteiger partial charge >= 0.3 is 0 Å². The van der Waals surface area contributed by atoms with Gasteiger partial charge in [-0.15, -0.1) is 0 Å². The topological polar surface area (TPSA) is 0 Å². The summed E-state index contributed by atoms with van der Waals surface area (Å²) in [7, 11) is 0. The Balaban J connectivity index is 1.79. The van der Waals surface area contributed by atoms with Crippen molar-refractivity contribution in [1.29, 1.82) is 0 Å². The first-order valence-electron chi connectivity index (χ1n) is 9.13. The van der Waals surface area contributed by atoms with Gasteiger partial charge in [-0.2, -0.15) is 0 Å². The van der Waals surface area contributed by atoms with Gasteiger partial charge < -0.3 is 0 Å². The molecule has 0 aliphatic carbocycles. The predicted molar refractivity (Wildman–Crippen MR) is 113 cm³/mol. The van der Waals surface area contributed by atoms with Crippen molar-refractivity contribution in [3.63, 3.8) is 0 Å². The third-order valence-corrected chi connectivity index (χ3v) is 5.27. The SMILES string of the molecule is CCCCCc1ccc(-c2ccc(-c3ccc(Br)cc3)c(C)c2)cc1. The van der Waals surface area contributed by atoms with E-state index >= 15 is 0 Å². The lowest BCUT2D eigenvalue weighted by molar-refractivity contribution is 0.717. The van der Waals surface area contributed by atoms with Gasteiger partial charge in [-0.05, 0) is 65.3 Å². The maximum absolute atomic E-state index is 3.50. The van der Waals surface area contributed by atoms with Crippen LogP contribution in [0.25, 0.3) is 22.3 Å². The summed E-state index contributed by atoms with van der Waals surface area (Å²) >= 11 is 3.50. The van der Waals surface area contributed by atoms with Crippen LogP contribution in [0.3, 0.4) is 0 Å². The van der Waals surface area contributed by atoms with Gasteiger partial charge in [0, 0.05) is 4.47 Å². The molecule has 0 unspecified atom stereocenters. The molecular formula is C24H25Br. The lowest BCUT2D eigenvalue weighted by Crippen LogP contribution is -1.88. The molecule has 0 nitrogen and oxygen atoms in total. The van der Waals surface area contributed by atoms with Crippen molar-refractivity contribution in [2.24, 2.45) is 0 Å². The van der Waals surface area contributed by atoms with Crippen LogP contribution in [0.4, 0.5) is 0 Å². The van der Waals surface area contributed by atoms with Gasteiger partial charge in [-0.1, -0.05) is 90.3 Å².